The summed E-state index contributed by atoms with van der Waals surface area (Å²) in [5, 5.41) is 6.38. The zero-order valence-corrected chi connectivity index (χ0v) is 15.5. The monoisotopic (exact) mass is 370 g/mol. The molecule has 1 aliphatic rings. The fourth-order valence-electron chi connectivity index (χ4n) is 3.25. The maximum atomic E-state index is 13.3. The minimum Gasteiger partial charge on any atom is -0.297 e. The first-order valence-corrected chi connectivity index (χ1v) is 8.58. The van der Waals surface area contributed by atoms with Gasteiger partial charge in [0.05, 0.1) is 18.3 Å². The van der Waals surface area contributed by atoms with Crippen molar-refractivity contribution in [2.24, 2.45) is 19.2 Å². The number of benzene rings is 1. The summed E-state index contributed by atoms with van der Waals surface area (Å²) in [7, 11) is 3.03. The van der Waals surface area contributed by atoms with E-state index in [0.717, 1.165) is 10.1 Å². The quantitative estimate of drug-likeness (QED) is 0.679. The summed E-state index contributed by atoms with van der Waals surface area (Å²) in [6, 6.07) is 6.04. The molecule has 0 bridgehead atoms. The van der Waals surface area contributed by atoms with Gasteiger partial charge in [0.15, 0.2) is 11.2 Å². The van der Waals surface area contributed by atoms with Crippen LogP contribution in [0.3, 0.4) is 0 Å². The highest BCUT2D eigenvalue weighted by molar-refractivity contribution is 6.02. The van der Waals surface area contributed by atoms with Crippen LogP contribution in [-0.4, -0.2) is 30.4 Å². The lowest BCUT2D eigenvalue weighted by molar-refractivity contribution is 0.627. The van der Waals surface area contributed by atoms with Crippen LogP contribution in [0.4, 0.5) is 10.3 Å². The molecule has 0 spiro atoms. The van der Waals surface area contributed by atoms with Crippen LogP contribution in [0.2, 0.25) is 0 Å². The SMILES string of the molecule is CC(C)N1N=C(c2ccc(F)cc2)Cn2c1nc1c2c(=O)n(C)c(=O)n1C. The van der Waals surface area contributed by atoms with Gasteiger partial charge in [0.2, 0.25) is 5.95 Å². The van der Waals surface area contributed by atoms with E-state index in [2.05, 4.69) is 10.1 Å². The third-order valence-corrected chi connectivity index (χ3v) is 4.74. The summed E-state index contributed by atoms with van der Waals surface area (Å²) >= 11 is 0. The number of aromatic nitrogens is 4. The van der Waals surface area contributed by atoms with Crippen molar-refractivity contribution >= 4 is 22.8 Å². The van der Waals surface area contributed by atoms with Gasteiger partial charge in [-0.3, -0.25) is 18.5 Å². The van der Waals surface area contributed by atoms with Crippen LogP contribution in [0.15, 0.2) is 39.0 Å². The summed E-state index contributed by atoms with van der Waals surface area (Å²) in [4.78, 5) is 29.6. The van der Waals surface area contributed by atoms with E-state index in [4.69, 9.17) is 0 Å². The molecule has 0 saturated carbocycles. The number of anilines is 1. The maximum Gasteiger partial charge on any atom is 0.332 e. The van der Waals surface area contributed by atoms with Crippen molar-refractivity contribution in [2.45, 2.75) is 26.4 Å². The molecule has 3 heterocycles. The Balaban J connectivity index is 2.00. The number of hydrogen-bond donors (Lipinski definition) is 0. The van der Waals surface area contributed by atoms with Crippen LogP contribution in [0.25, 0.3) is 11.2 Å². The molecular formula is C18H19FN6O2. The zero-order chi connectivity index (χ0) is 19.5. The molecule has 1 aliphatic heterocycles. The molecule has 0 atom stereocenters. The molecule has 8 nitrogen and oxygen atoms in total. The summed E-state index contributed by atoms with van der Waals surface area (Å²) in [5.74, 6) is 0.178. The molecule has 1 aromatic carbocycles. The first-order valence-electron chi connectivity index (χ1n) is 8.58. The zero-order valence-electron chi connectivity index (χ0n) is 15.5. The van der Waals surface area contributed by atoms with Crippen molar-refractivity contribution in [2.75, 3.05) is 5.01 Å². The molecule has 3 aromatic rings. The van der Waals surface area contributed by atoms with E-state index in [-0.39, 0.29) is 11.9 Å². The molecule has 2 aromatic heterocycles. The molecule has 0 N–H and O–H groups in total. The molecule has 9 heteroatoms. The Morgan fingerprint density at radius 1 is 1.07 bits per heavy atom. The second kappa shape index (κ2) is 5.90. The molecule has 0 unspecified atom stereocenters. The van der Waals surface area contributed by atoms with Crippen molar-refractivity contribution in [3.05, 3.63) is 56.5 Å². The predicted molar refractivity (Wildman–Crippen MR) is 101 cm³/mol. The van der Waals surface area contributed by atoms with E-state index < -0.39 is 11.2 Å². The molecule has 0 amide bonds. The van der Waals surface area contributed by atoms with Crippen molar-refractivity contribution in [3.63, 3.8) is 0 Å². The van der Waals surface area contributed by atoms with Gasteiger partial charge in [0.1, 0.15) is 5.82 Å². The highest BCUT2D eigenvalue weighted by atomic mass is 19.1. The van der Waals surface area contributed by atoms with E-state index in [1.807, 2.05) is 13.8 Å². The summed E-state index contributed by atoms with van der Waals surface area (Å²) in [6.45, 7) is 4.21. The number of aryl methyl sites for hydroxylation is 1. The van der Waals surface area contributed by atoms with Gasteiger partial charge in [-0.1, -0.05) is 12.1 Å². The summed E-state index contributed by atoms with van der Waals surface area (Å²) in [6.07, 6.45) is 0. The number of rotatable bonds is 2. The number of imidazole rings is 1. The van der Waals surface area contributed by atoms with E-state index >= 15 is 0 Å². The highest BCUT2D eigenvalue weighted by Crippen LogP contribution is 2.26. The average Bonchev–Trinajstić information content (AvgIpc) is 3.04. The molecule has 0 radical (unpaired) electrons. The smallest absolute Gasteiger partial charge is 0.297 e. The second-order valence-electron chi connectivity index (χ2n) is 6.87. The van der Waals surface area contributed by atoms with Crippen molar-refractivity contribution in [3.8, 4) is 0 Å². The average molecular weight is 370 g/mol. The second-order valence-corrected chi connectivity index (χ2v) is 6.87. The largest absolute Gasteiger partial charge is 0.332 e. The molecule has 0 fully saturated rings. The number of nitrogens with zero attached hydrogens (tertiary/aromatic N) is 6. The van der Waals surface area contributed by atoms with Gasteiger partial charge >= 0.3 is 5.69 Å². The molecule has 27 heavy (non-hydrogen) atoms. The van der Waals surface area contributed by atoms with Crippen LogP contribution >= 0.6 is 0 Å². The van der Waals surface area contributed by atoms with Crippen LogP contribution in [-0.2, 0) is 20.6 Å². The van der Waals surface area contributed by atoms with Gasteiger partial charge in [0, 0.05) is 14.1 Å². The first-order chi connectivity index (χ1) is 12.8. The lowest BCUT2D eigenvalue weighted by Crippen LogP contribution is -2.38. The molecule has 0 aliphatic carbocycles. The fourth-order valence-corrected chi connectivity index (χ4v) is 3.25. The number of hydrogen-bond acceptors (Lipinski definition) is 5. The lowest BCUT2D eigenvalue weighted by atomic mass is 10.1. The van der Waals surface area contributed by atoms with E-state index in [1.54, 1.807) is 28.8 Å². The predicted octanol–water partition coefficient (Wildman–Crippen LogP) is 1.21. The van der Waals surface area contributed by atoms with Gasteiger partial charge in [-0.05, 0) is 31.5 Å². The Morgan fingerprint density at radius 3 is 2.37 bits per heavy atom. The minimum absolute atomic E-state index is 0.0304. The topological polar surface area (TPSA) is 77.4 Å². The van der Waals surface area contributed by atoms with E-state index in [9.17, 15) is 14.0 Å². The normalized spacial score (nSPS) is 14.0. The van der Waals surface area contributed by atoms with Gasteiger partial charge in [0.25, 0.3) is 5.56 Å². The Labute approximate surface area is 153 Å². The number of halogens is 1. The first kappa shape index (κ1) is 17.2. The number of hydrazone groups is 1. The van der Waals surface area contributed by atoms with Crippen molar-refractivity contribution in [1.29, 1.82) is 0 Å². The fraction of sp³-hybridized carbons (Fsp3) is 0.333. The third kappa shape index (κ3) is 2.49. The van der Waals surface area contributed by atoms with E-state index in [0.29, 0.717) is 29.4 Å². The molecule has 140 valence electrons. The summed E-state index contributed by atoms with van der Waals surface area (Å²) in [5.41, 5.74) is 1.27. The third-order valence-electron chi connectivity index (χ3n) is 4.74. The van der Waals surface area contributed by atoms with Gasteiger partial charge in [-0.15, -0.1) is 0 Å². The Hall–Kier alpha value is -3.23. The Bertz CT molecular complexity index is 1200. The van der Waals surface area contributed by atoms with Gasteiger partial charge in [-0.25, -0.2) is 14.2 Å². The van der Waals surface area contributed by atoms with Crippen molar-refractivity contribution in [1.82, 2.24) is 18.7 Å². The highest BCUT2D eigenvalue weighted by Gasteiger charge is 2.29. The Morgan fingerprint density at radius 2 is 1.74 bits per heavy atom. The van der Waals surface area contributed by atoms with E-state index in [1.165, 1.54) is 23.7 Å². The molecule has 4 rings (SSSR count). The summed E-state index contributed by atoms with van der Waals surface area (Å²) < 4.78 is 17.5. The van der Waals surface area contributed by atoms with Crippen LogP contribution < -0.4 is 16.3 Å². The van der Waals surface area contributed by atoms with Gasteiger partial charge < -0.3 is 0 Å². The van der Waals surface area contributed by atoms with Crippen LogP contribution in [0.1, 0.15) is 19.4 Å². The minimum atomic E-state index is -0.432. The Kier molecular flexibility index (Phi) is 3.76. The van der Waals surface area contributed by atoms with Crippen LogP contribution in [0, 0.1) is 5.82 Å². The van der Waals surface area contributed by atoms with Gasteiger partial charge in [-0.2, -0.15) is 10.1 Å². The standard InChI is InChI=1S/C18H19FN6O2/c1-10(2)25-17-20-15-14(16(26)23(4)18(27)22(15)3)24(17)9-13(21-25)11-5-7-12(19)8-6-11/h5-8,10H,9H2,1-4H3. The lowest BCUT2D eigenvalue weighted by Gasteiger charge is -2.28. The molecular weight excluding hydrogens is 351 g/mol. The van der Waals surface area contributed by atoms with Crippen LogP contribution in [0.5, 0.6) is 0 Å². The maximum absolute atomic E-state index is 13.3. The number of fused-ring (bicyclic) bond motifs is 3. The molecule has 0 saturated heterocycles. The van der Waals surface area contributed by atoms with Crippen molar-refractivity contribution < 1.29 is 4.39 Å².